The normalized spacial score (nSPS) is 25.4. The maximum atomic E-state index is 11.1. The minimum atomic E-state index is 0.000509. The molecule has 1 unspecified atom stereocenters. The Morgan fingerprint density at radius 2 is 2.43 bits per heavy atom. The number of nitrogens with two attached hydrogens (primary N) is 1. The fraction of sp³-hybridized carbons (Fsp3) is 0.500. The fourth-order valence-electron chi connectivity index (χ4n) is 1.78. The molecule has 2 rings (SSSR count). The van der Waals surface area contributed by atoms with Crippen LogP contribution in [0.15, 0.2) is 23.6 Å². The molecular weight excluding hydrogens is 180 g/mol. The third-order valence-corrected chi connectivity index (χ3v) is 2.55. The molecule has 2 aliphatic rings. The maximum Gasteiger partial charge on any atom is 0.173 e. The third-order valence-electron chi connectivity index (χ3n) is 2.55. The average molecular weight is 194 g/mol. The first-order chi connectivity index (χ1) is 6.72. The minimum absolute atomic E-state index is 0.000509. The number of rotatable bonds is 2. The minimum Gasteiger partial charge on any atom is -0.472 e. The van der Waals surface area contributed by atoms with Crippen LogP contribution in [-0.2, 0) is 9.53 Å². The van der Waals surface area contributed by atoms with Gasteiger partial charge in [0, 0.05) is 13.5 Å². The van der Waals surface area contributed by atoms with Crippen LogP contribution < -0.4 is 5.73 Å². The molecule has 4 nitrogen and oxygen atoms in total. The summed E-state index contributed by atoms with van der Waals surface area (Å²) in [7, 11) is 1.96. The van der Waals surface area contributed by atoms with E-state index in [9.17, 15) is 4.79 Å². The van der Waals surface area contributed by atoms with Crippen LogP contribution in [0.1, 0.15) is 12.8 Å². The Bertz CT molecular complexity index is 320. The lowest BCUT2D eigenvalue weighted by Crippen LogP contribution is -2.28. The van der Waals surface area contributed by atoms with Gasteiger partial charge in [0.15, 0.2) is 12.0 Å². The van der Waals surface area contributed by atoms with E-state index in [0.29, 0.717) is 13.0 Å². The van der Waals surface area contributed by atoms with Crippen molar-refractivity contribution in [2.24, 2.45) is 5.73 Å². The van der Waals surface area contributed by atoms with Gasteiger partial charge < -0.3 is 15.4 Å². The second-order valence-corrected chi connectivity index (χ2v) is 3.55. The lowest BCUT2D eigenvalue weighted by molar-refractivity contribution is -0.114. The molecule has 0 radical (unpaired) electrons. The van der Waals surface area contributed by atoms with E-state index in [1.54, 1.807) is 6.08 Å². The zero-order valence-corrected chi connectivity index (χ0v) is 8.19. The van der Waals surface area contributed by atoms with Crippen molar-refractivity contribution in [2.75, 3.05) is 13.6 Å². The molecule has 0 aromatic carbocycles. The van der Waals surface area contributed by atoms with Gasteiger partial charge in [0.1, 0.15) is 5.76 Å². The first-order valence-electron chi connectivity index (χ1n) is 4.76. The Morgan fingerprint density at radius 1 is 1.64 bits per heavy atom. The number of allylic oxidation sites excluding steroid dienone is 3. The van der Waals surface area contributed by atoms with Gasteiger partial charge in [-0.3, -0.25) is 4.79 Å². The first kappa shape index (κ1) is 9.27. The van der Waals surface area contributed by atoms with Crippen molar-refractivity contribution in [1.82, 2.24) is 4.90 Å². The average Bonchev–Trinajstić information content (AvgIpc) is 2.44. The standard InChI is InChI=1S/C10H14N2O2/c1-12-8-3-2-7(13)6-9(8)14-10(12)4-5-11/h2-3,10H,4-6,11H2,1H3. The van der Waals surface area contributed by atoms with Crippen LogP contribution in [-0.4, -0.2) is 30.5 Å². The number of carbonyl (C=O) groups excluding carboxylic acids is 1. The number of likely N-dealkylation sites (N-methyl/N-ethyl adjacent to an activating group) is 1. The van der Waals surface area contributed by atoms with E-state index in [1.807, 2.05) is 18.0 Å². The molecule has 0 saturated carbocycles. The summed E-state index contributed by atoms with van der Waals surface area (Å²) in [5, 5.41) is 0. The predicted molar refractivity (Wildman–Crippen MR) is 52.1 cm³/mol. The molecule has 14 heavy (non-hydrogen) atoms. The van der Waals surface area contributed by atoms with Gasteiger partial charge in [-0.05, 0) is 18.7 Å². The maximum absolute atomic E-state index is 11.1. The number of nitrogens with zero attached hydrogens (tertiary/aromatic N) is 1. The van der Waals surface area contributed by atoms with Crippen LogP contribution in [0.4, 0.5) is 0 Å². The van der Waals surface area contributed by atoms with Crippen molar-refractivity contribution in [3.05, 3.63) is 23.6 Å². The number of carbonyl (C=O) groups is 1. The highest BCUT2D eigenvalue weighted by Gasteiger charge is 2.31. The van der Waals surface area contributed by atoms with Crippen molar-refractivity contribution < 1.29 is 9.53 Å². The Morgan fingerprint density at radius 3 is 3.14 bits per heavy atom. The van der Waals surface area contributed by atoms with E-state index in [1.165, 1.54) is 0 Å². The van der Waals surface area contributed by atoms with Crippen molar-refractivity contribution in [1.29, 1.82) is 0 Å². The lowest BCUT2D eigenvalue weighted by atomic mass is 10.1. The van der Waals surface area contributed by atoms with Crippen LogP contribution in [0.5, 0.6) is 0 Å². The van der Waals surface area contributed by atoms with Crippen LogP contribution in [0, 0.1) is 0 Å². The van der Waals surface area contributed by atoms with Crippen LogP contribution in [0.25, 0.3) is 0 Å². The van der Waals surface area contributed by atoms with E-state index >= 15 is 0 Å². The molecule has 0 spiro atoms. The summed E-state index contributed by atoms with van der Waals surface area (Å²) in [6.07, 6.45) is 4.59. The first-order valence-corrected chi connectivity index (χ1v) is 4.76. The largest absolute Gasteiger partial charge is 0.472 e. The molecule has 2 N–H and O–H groups in total. The van der Waals surface area contributed by atoms with Crippen molar-refractivity contribution in [2.45, 2.75) is 19.1 Å². The monoisotopic (exact) mass is 194 g/mol. The molecule has 0 fully saturated rings. The second kappa shape index (κ2) is 3.46. The van der Waals surface area contributed by atoms with E-state index in [4.69, 9.17) is 10.5 Å². The van der Waals surface area contributed by atoms with Gasteiger partial charge in [0.25, 0.3) is 0 Å². The van der Waals surface area contributed by atoms with Crippen molar-refractivity contribution in [3.8, 4) is 0 Å². The smallest absolute Gasteiger partial charge is 0.173 e. The molecule has 0 saturated heterocycles. The predicted octanol–water partition coefficient (Wildman–Crippen LogP) is 0.364. The van der Waals surface area contributed by atoms with Crippen LogP contribution in [0.2, 0.25) is 0 Å². The molecule has 0 amide bonds. The topological polar surface area (TPSA) is 55.6 Å². The highest BCUT2D eigenvalue weighted by atomic mass is 16.5. The summed E-state index contributed by atoms with van der Waals surface area (Å²) in [4.78, 5) is 13.2. The van der Waals surface area contributed by atoms with Crippen molar-refractivity contribution in [3.63, 3.8) is 0 Å². The quantitative estimate of drug-likeness (QED) is 0.689. The van der Waals surface area contributed by atoms with Gasteiger partial charge in [-0.25, -0.2) is 0 Å². The SMILES string of the molecule is CN1C2=C(CC(=O)C=C2)OC1CCN. The van der Waals surface area contributed by atoms with E-state index < -0.39 is 0 Å². The number of ketones is 1. The molecule has 1 aliphatic heterocycles. The highest BCUT2D eigenvalue weighted by Crippen LogP contribution is 2.31. The molecule has 1 aliphatic carbocycles. The fourth-order valence-corrected chi connectivity index (χ4v) is 1.78. The van der Waals surface area contributed by atoms with Crippen LogP contribution >= 0.6 is 0 Å². The molecule has 1 atom stereocenters. The van der Waals surface area contributed by atoms with E-state index in [-0.39, 0.29) is 12.0 Å². The summed E-state index contributed by atoms with van der Waals surface area (Å²) >= 11 is 0. The number of hydrogen-bond acceptors (Lipinski definition) is 4. The molecule has 4 heteroatoms. The molecule has 0 bridgehead atoms. The third kappa shape index (κ3) is 1.42. The van der Waals surface area contributed by atoms with Crippen molar-refractivity contribution >= 4 is 5.78 Å². The molecular formula is C10H14N2O2. The zero-order chi connectivity index (χ0) is 10.1. The second-order valence-electron chi connectivity index (χ2n) is 3.55. The van der Waals surface area contributed by atoms with Gasteiger partial charge >= 0.3 is 0 Å². The van der Waals surface area contributed by atoms with Gasteiger partial charge in [-0.2, -0.15) is 0 Å². The van der Waals surface area contributed by atoms with Gasteiger partial charge in [-0.1, -0.05) is 0 Å². The summed E-state index contributed by atoms with van der Waals surface area (Å²) < 4.78 is 5.64. The molecule has 0 aromatic heterocycles. The summed E-state index contributed by atoms with van der Waals surface area (Å²) in [5.41, 5.74) is 6.49. The summed E-state index contributed by atoms with van der Waals surface area (Å²) in [5.74, 6) is 0.893. The number of ether oxygens (including phenoxy) is 1. The van der Waals surface area contributed by atoms with Gasteiger partial charge in [-0.15, -0.1) is 0 Å². The molecule has 76 valence electrons. The Labute approximate surface area is 83.0 Å². The van der Waals surface area contributed by atoms with E-state index in [2.05, 4.69) is 0 Å². The van der Waals surface area contributed by atoms with Gasteiger partial charge in [0.2, 0.25) is 0 Å². The lowest BCUT2D eigenvalue weighted by Gasteiger charge is -2.21. The summed E-state index contributed by atoms with van der Waals surface area (Å²) in [6, 6.07) is 0. The van der Waals surface area contributed by atoms with Crippen LogP contribution in [0.3, 0.4) is 0 Å². The Hall–Kier alpha value is -1.29. The summed E-state index contributed by atoms with van der Waals surface area (Å²) in [6.45, 7) is 0.591. The Kier molecular flexibility index (Phi) is 2.29. The van der Waals surface area contributed by atoms with E-state index in [0.717, 1.165) is 17.9 Å². The zero-order valence-electron chi connectivity index (χ0n) is 8.19. The molecule has 0 aromatic rings. The Balaban J connectivity index is 2.14. The number of hydrogen-bond donors (Lipinski definition) is 1. The molecule has 1 heterocycles. The highest BCUT2D eigenvalue weighted by molar-refractivity contribution is 5.93. The van der Waals surface area contributed by atoms with Gasteiger partial charge in [0.05, 0.1) is 12.1 Å².